The van der Waals surface area contributed by atoms with Crippen LogP contribution in [0.4, 0.5) is 0 Å². The van der Waals surface area contributed by atoms with Gasteiger partial charge in [-0.25, -0.2) is 4.98 Å². The average molecular weight is 377 g/mol. The van der Waals surface area contributed by atoms with Gasteiger partial charge in [0.15, 0.2) is 0 Å². The molecule has 140 valence electrons. The molecule has 2 amide bonds. The fourth-order valence-electron chi connectivity index (χ4n) is 3.12. The number of rotatable bonds is 4. The van der Waals surface area contributed by atoms with Gasteiger partial charge in [0.1, 0.15) is 4.83 Å². The molecule has 2 aromatic rings. The van der Waals surface area contributed by atoms with E-state index >= 15 is 0 Å². The summed E-state index contributed by atoms with van der Waals surface area (Å²) in [7, 11) is 1.65. The summed E-state index contributed by atoms with van der Waals surface area (Å²) in [4.78, 5) is 46.2. The zero-order valence-electron chi connectivity index (χ0n) is 15.2. The van der Waals surface area contributed by atoms with Crippen LogP contribution >= 0.6 is 11.3 Å². The molecule has 0 aromatic carbocycles. The predicted octanol–water partition coefficient (Wildman–Crippen LogP) is 0.197. The van der Waals surface area contributed by atoms with Gasteiger partial charge in [-0.2, -0.15) is 0 Å². The molecule has 26 heavy (non-hydrogen) atoms. The first-order valence-electron chi connectivity index (χ1n) is 8.65. The first kappa shape index (κ1) is 18.5. The summed E-state index contributed by atoms with van der Waals surface area (Å²) in [5.74, 6) is -0.0558. The highest BCUT2D eigenvalue weighted by Gasteiger charge is 2.27. The molecule has 0 saturated carbocycles. The fourth-order valence-corrected chi connectivity index (χ4v) is 4.23. The number of aryl methyl sites for hydroxylation is 2. The van der Waals surface area contributed by atoms with Crippen LogP contribution in [0.25, 0.3) is 10.2 Å². The van der Waals surface area contributed by atoms with E-state index in [0.717, 1.165) is 0 Å². The Morgan fingerprint density at radius 2 is 1.96 bits per heavy atom. The summed E-state index contributed by atoms with van der Waals surface area (Å²) in [5, 5.41) is 3.31. The first-order valence-corrected chi connectivity index (χ1v) is 9.47. The fraction of sp³-hybridized carbons (Fsp3) is 0.529. The third-order valence-corrected chi connectivity index (χ3v) is 5.79. The number of likely N-dealkylation sites (N-methyl/N-ethyl adjacent to an activating group) is 1. The lowest BCUT2D eigenvalue weighted by molar-refractivity contribution is -0.122. The van der Waals surface area contributed by atoms with E-state index in [2.05, 4.69) is 10.3 Å². The third kappa shape index (κ3) is 3.49. The maximum absolute atomic E-state index is 12.9. The van der Waals surface area contributed by atoms with Gasteiger partial charge < -0.3 is 14.8 Å². The van der Waals surface area contributed by atoms with Crippen LogP contribution in [-0.4, -0.2) is 70.4 Å². The molecule has 0 radical (unpaired) electrons. The van der Waals surface area contributed by atoms with Crippen LogP contribution < -0.4 is 10.9 Å². The number of nitrogens with zero attached hydrogens (tertiary/aromatic N) is 4. The number of hydrogen-bond donors (Lipinski definition) is 1. The van der Waals surface area contributed by atoms with E-state index in [1.165, 1.54) is 22.2 Å². The number of piperazine rings is 1. The van der Waals surface area contributed by atoms with E-state index < -0.39 is 0 Å². The summed E-state index contributed by atoms with van der Waals surface area (Å²) < 4.78 is 1.43. The second-order valence-electron chi connectivity index (χ2n) is 6.42. The van der Waals surface area contributed by atoms with E-state index in [1.807, 2.05) is 11.8 Å². The predicted molar refractivity (Wildman–Crippen MR) is 101 cm³/mol. The van der Waals surface area contributed by atoms with E-state index in [1.54, 1.807) is 18.9 Å². The minimum atomic E-state index is -0.130. The van der Waals surface area contributed by atoms with Crippen molar-refractivity contribution in [2.45, 2.75) is 13.8 Å². The minimum Gasteiger partial charge on any atom is -0.355 e. The van der Waals surface area contributed by atoms with Crippen LogP contribution in [-0.2, 0) is 11.8 Å². The van der Waals surface area contributed by atoms with Gasteiger partial charge in [0.25, 0.3) is 11.5 Å². The Balaban J connectivity index is 1.72. The van der Waals surface area contributed by atoms with E-state index in [0.29, 0.717) is 59.9 Å². The Labute approximate surface area is 155 Å². The molecule has 9 heteroatoms. The number of carbonyl (C=O) groups excluding carboxylic acids is 2. The van der Waals surface area contributed by atoms with Crippen molar-refractivity contribution in [1.82, 2.24) is 24.7 Å². The summed E-state index contributed by atoms with van der Waals surface area (Å²) in [6.45, 7) is 7.13. The Kier molecular flexibility index (Phi) is 5.38. The highest BCUT2D eigenvalue weighted by molar-refractivity contribution is 7.20. The van der Waals surface area contributed by atoms with Crippen molar-refractivity contribution in [2.75, 3.05) is 39.3 Å². The van der Waals surface area contributed by atoms with Crippen LogP contribution in [0.15, 0.2) is 11.1 Å². The van der Waals surface area contributed by atoms with Crippen LogP contribution in [0, 0.1) is 6.92 Å². The molecule has 8 nitrogen and oxygen atoms in total. The number of hydrogen-bond acceptors (Lipinski definition) is 6. The van der Waals surface area contributed by atoms with Crippen molar-refractivity contribution in [3.63, 3.8) is 0 Å². The minimum absolute atomic E-state index is 0.00884. The van der Waals surface area contributed by atoms with Crippen molar-refractivity contribution in [3.8, 4) is 0 Å². The molecule has 3 heterocycles. The first-order chi connectivity index (χ1) is 12.4. The topological polar surface area (TPSA) is 87.5 Å². The van der Waals surface area contributed by atoms with Gasteiger partial charge in [-0.15, -0.1) is 11.3 Å². The molecule has 0 spiro atoms. The number of thiophene rings is 1. The van der Waals surface area contributed by atoms with Gasteiger partial charge in [0, 0.05) is 39.8 Å². The van der Waals surface area contributed by atoms with Crippen molar-refractivity contribution in [2.24, 2.45) is 7.05 Å². The highest BCUT2D eigenvalue weighted by Crippen LogP contribution is 2.28. The quantitative estimate of drug-likeness (QED) is 0.822. The highest BCUT2D eigenvalue weighted by atomic mass is 32.1. The van der Waals surface area contributed by atoms with Gasteiger partial charge in [-0.05, 0) is 19.4 Å². The standard InChI is InChI=1S/C17H23N5O3S/c1-4-18-12(23)9-21-5-7-22(8-6-21)17(25)14-11(2)13-15(26-14)19-10-20(3)16(13)24/h10H,4-9H2,1-3H3,(H,18,23). The second kappa shape index (κ2) is 7.55. The van der Waals surface area contributed by atoms with Crippen LogP contribution in [0.1, 0.15) is 22.2 Å². The van der Waals surface area contributed by atoms with E-state index in [9.17, 15) is 14.4 Å². The Morgan fingerprint density at radius 1 is 1.27 bits per heavy atom. The molecule has 1 aliphatic heterocycles. The molecular weight excluding hydrogens is 354 g/mol. The molecule has 3 rings (SSSR count). The number of fused-ring (bicyclic) bond motifs is 1. The molecule has 1 aliphatic rings. The number of aromatic nitrogens is 2. The second-order valence-corrected chi connectivity index (χ2v) is 7.42. The lowest BCUT2D eigenvalue weighted by Gasteiger charge is -2.34. The Morgan fingerprint density at radius 3 is 2.62 bits per heavy atom. The number of amides is 2. The molecule has 2 aromatic heterocycles. The van der Waals surface area contributed by atoms with Crippen LogP contribution in [0.3, 0.4) is 0 Å². The van der Waals surface area contributed by atoms with Crippen LogP contribution in [0.5, 0.6) is 0 Å². The summed E-state index contributed by atoms with van der Waals surface area (Å²) in [5.41, 5.74) is 0.572. The summed E-state index contributed by atoms with van der Waals surface area (Å²) in [6.07, 6.45) is 1.48. The van der Waals surface area contributed by atoms with E-state index in [4.69, 9.17) is 0 Å². The zero-order valence-corrected chi connectivity index (χ0v) is 16.1. The molecule has 1 N–H and O–H groups in total. The van der Waals surface area contributed by atoms with Crippen LogP contribution in [0.2, 0.25) is 0 Å². The molecule has 0 unspecified atom stereocenters. The molecule has 0 bridgehead atoms. The molecule has 0 aliphatic carbocycles. The van der Waals surface area contributed by atoms with Gasteiger partial charge in [-0.3, -0.25) is 19.3 Å². The Bertz CT molecular complexity index is 896. The molecule has 0 atom stereocenters. The maximum atomic E-state index is 12.9. The van der Waals surface area contributed by atoms with Crippen molar-refractivity contribution >= 4 is 33.4 Å². The number of nitrogens with one attached hydrogen (secondary N) is 1. The van der Waals surface area contributed by atoms with Gasteiger partial charge in [0.2, 0.25) is 5.91 Å². The lowest BCUT2D eigenvalue weighted by atomic mass is 10.2. The van der Waals surface area contributed by atoms with Crippen molar-refractivity contribution < 1.29 is 9.59 Å². The van der Waals surface area contributed by atoms with Gasteiger partial charge >= 0.3 is 0 Å². The van der Waals surface area contributed by atoms with Gasteiger partial charge in [0.05, 0.1) is 23.1 Å². The SMILES string of the molecule is CCNC(=O)CN1CCN(C(=O)c2sc3ncn(C)c(=O)c3c2C)CC1. The normalized spacial score (nSPS) is 15.4. The van der Waals surface area contributed by atoms with Crippen molar-refractivity contribution in [1.29, 1.82) is 0 Å². The smallest absolute Gasteiger partial charge is 0.264 e. The molecule has 1 saturated heterocycles. The summed E-state index contributed by atoms with van der Waals surface area (Å²) in [6, 6.07) is 0. The molecular formula is C17H23N5O3S. The lowest BCUT2D eigenvalue weighted by Crippen LogP contribution is -2.51. The maximum Gasteiger partial charge on any atom is 0.264 e. The van der Waals surface area contributed by atoms with E-state index in [-0.39, 0.29) is 17.4 Å². The number of carbonyl (C=O) groups is 2. The third-order valence-electron chi connectivity index (χ3n) is 4.61. The molecule has 1 fully saturated rings. The monoisotopic (exact) mass is 377 g/mol. The summed E-state index contributed by atoms with van der Waals surface area (Å²) >= 11 is 1.27. The zero-order chi connectivity index (χ0) is 18.8. The average Bonchev–Trinajstić information content (AvgIpc) is 2.96. The van der Waals surface area contributed by atoms with Crippen molar-refractivity contribution in [3.05, 3.63) is 27.1 Å². The largest absolute Gasteiger partial charge is 0.355 e. The Hall–Kier alpha value is -2.26. The van der Waals surface area contributed by atoms with Gasteiger partial charge in [-0.1, -0.05) is 0 Å².